The van der Waals surface area contributed by atoms with Crippen molar-refractivity contribution >= 4 is 23.1 Å². The smallest absolute Gasteiger partial charge is 0.163 e. The first-order valence-electron chi connectivity index (χ1n) is 9.36. The molecule has 6 nitrogen and oxygen atoms in total. The molecular weight excluding hydrogens is 336 g/mol. The van der Waals surface area contributed by atoms with E-state index in [0.717, 1.165) is 41.8 Å². The lowest BCUT2D eigenvalue weighted by molar-refractivity contribution is 0.610. The predicted octanol–water partition coefficient (Wildman–Crippen LogP) is 4.31. The van der Waals surface area contributed by atoms with Crippen LogP contribution in [0.2, 0.25) is 0 Å². The molecule has 138 valence electrons. The van der Waals surface area contributed by atoms with Crippen LogP contribution in [0.25, 0.3) is 11.4 Å². The van der Waals surface area contributed by atoms with Crippen LogP contribution in [0.15, 0.2) is 54.7 Å². The van der Waals surface area contributed by atoms with E-state index in [-0.39, 0.29) is 6.04 Å². The Morgan fingerprint density at radius 2 is 1.74 bits per heavy atom. The first-order valence-corrected chi connectivity index (χ1v) is 9.36. The van der Waals surface area contributed by atoms with E-state index in [4.69, 9.17) is 4.98 Å². The molecule has 3 heterocycles. The molecule has 2 N–H and O–H groups in total. The Balaban J connectivity index is 1.65. The molecule has 4 rings (SSSR count). The van der Waals surface area contributed by atoms with Gasteiger partial charge in [0.05, 0.1) is 0 Å². The number of anilines is 4. The quantitative estimate of drug-likeness (QED) is 0.683. The van der Waals surface area contributed by atoms with Crippen molar-refractivity contribution < 1.29 is 0 Å². The number of aromatic nitrogens is 3. The van der Waals surface area contributed by atoms with Crippen LogP contribution >= 0.6 is 0 Å². The van der Waals surface area contributed by atoms with Gasteiger partial charge in [0.25, 0.3) is 0 Å². The Morgan fingerprint density at radius 3 is 2.44 bits per heavy atom. The lowest BCUT2D eigenvalue weighted by Gasteiger charge is -2.32. The van der Waals surface area contributed by atoms with Crippen LogP contribution in [0, 0.1) is 0 Å². The van der Waals surface area contributed by atoms with Gasteiger partial charge in [0.15, 0.2) is 5.82 Å². The molecule has 6 heteroatoms. The van der Waals surface area contributed by atoms with E-state index in [1.54, 1.807) is 0 Å². The highest BCUT2D eigenvalue weighted by Crippen LogP contribution is 2.25. The molecule has 0 amide bonds. The highest BCUT2D eigenvalue weighted by atomic mass is 15.2. The number of benzene rings is 1. The van der Waals surface area contributed by atoms with Crippen molar-refractivity contribution in [3.05, 3.63) is 54.7 Å². The Bertz CT molecular complexity index is 906. The largest absolute Gasteiger partial charge is 0.368 e. The summed E-state index contributed by atoms with van der Waals surface area (Å²) in [4.78, 5) is 16.1. The third kappa shape index (κ3) is 4.16. The van der Waals surface area contributed by atoms with E-state index in [0.29, 0.717) is 5.82 Å². The second-order valence-electron chi connectivity index (χ2n) is 7.00. The second-order valence-corrected chi connectivity index (χ2v) is 7.00. The van der Waals surface area contributed by atoms with E-state index in [9.17, 15) is 0 Å². The molecular formula is C21H24N6. The molecule has 1 saturated heterocycles. The number of nitrogens with one attached hydrogen (secondary N) is 2. The average molecular weight is 360 g/mol. The van der Waals surface area contributed by atoms with Crippen molar-refractivity contribution in [3.63, 3.8) is 0 Å². The molecule has 0 saturated carbocycles. The maximum atomic E-state index is 4.72. The molecule has 2 aromatic heterocycles. The van der Waals surface area contributed by atoms with Crippen LogP contribution in [-0.2, 0) is 0 Å². The van der Waals surface area contributed by atoms with Gasteiger partial charge in [-0.15, -0.1) is 0 Å². The molecule has 1 fully saturated rings. The Kier molecular flexibility index (Phi) is 4.87. The molecule has 1 aliphatic heterocycles. The lowest BCUT2D eigenvalue weighted by atomic mass is 10.2. The monoisotopic (exact) mass is 360 g/mol. The number of nitrogens with zero attached hydrogens (tertiary/aromatic N) is 4. The second kappa shape index (κ2) is 7.61. The minimum atomic E-state index is 0.287. The zero-order valence-corrected chi connectivity index (χ0v) is 15.7. The van der Waals surface area contributed by atoms with Crippen molar-refractivity contribution in [1.82, 2.24) is 15.0 Å². The minimum absolute atomic E-state index is 0.287. The Labute approximate surface area is 159 Å². The van der Waals surface area contributed by atoms with Crippen LogP contribution in [0.1, 0.15) is 20.3 Å². The van der Waals surface area contributed by atoms with Crippen LogP contribution < -0.4 is 15.5 Å². The van der Waals surface area contributed by atoms with E-state index in [1.165, 1.54) is 6.42 Å². The molecule has 0 atom stereocenters. The van der Waals surface area contributed by atoms with Gasteiger partial charge in [-0.1, -0.05) is 30.3 Å². The van der Waals surface area contributed by atoms with Gasteiger partial charge in [0.1, 0.15) is 17.5 Å². The van der Waals surface area contributed by atoms with Gasteiger partial charge in [-0.05, 0) is 26.3 Å². The number of pyridine rings is 1. The summed E-state index contributed by atoms with van der Waals surface area (Å²) in [6, 6.07) is 16.3. The van der Waals surface area contributed by atoms with Crippen molar-refractivity contribution in [1.29, 1.82) is 0 Å². The average Bonchev–Trinajstić information content (AvgIpc) is 2.60. The Morgan fingerprint density at radius 1 is 0.963 bits per heavy atom. The van der Waals surface area contributed by atoms with Gasteiger partial charge >= 0.3 is 0 Å². The Hall–Kier alpha value is -3.15. The summed E-state index contributed by atoms with van der Waals surface area (Å²) in [5, 5.41) is 6.79. The predicted molar refractivity (Wildman–Crippen MR) is 111 cm³/mol. The standard InChI is InChI=1S/C21H24N6/c1-15(2)23-18-14-19(26-21(25-18)16-7-4-3-5-8-16)24-17-9-10-22-20(13-17)27-11-6-12-27/h3-5,7-10,13-15H,6,11-12H2,1-2H3,(H2,22,23,24,25,26). The molecule has 3 aromatic rings. The summed E-state index contributed by atoms with van der Waals surface area (Å²) in [6.07, 6.45) is 3.07. The molecule has 0 spiro atoms. The fourth-order valence-electron chi connectivity index (χ4n) is 2.96. The van der Waals surface area contributed by atoms with Crippen LogP contribution in [0.4, 0.5) is 23.1 Å². The van der Waals surface area contributed by atoms with Crippen molar-refractivity contribution in [2.75, 3.05) is 28.6 Å². The number of hydrogen-bond donors (Lipinski definition) is 2. The molecule has 0 aliphatic carbocycles. The number of rotatable bonds is 6. The molecule has 0 bridgehead atoms. The van der Waals surface area contributed by atoms with E-state index >= 15 is 0 Å². The van der Waals surface area contributed by atoms with Gasteiger partial charge in [0, 0.05) is 48.7 Å². The molecule has 1 aliphatic rings. The van der Waals surface area contributed by atoms with Gasteiger partial charge < -0.3 is 15.5 Å². The fourth-order valence-corrected chi connectivity index (χ4v) is 2.96. The zero-order chi connectivity index (χ0) is 18.6. The number of hydrogen-bond acceptors (Lipinski definition) is 6. The van der Waals surface area contributed by atoms with E-state index in [2.05, 4.69) is 45.4 Å². The highest BCUT2D eigenvalue weighted by Gasteiger charge is 2.16. The van der Waals surface area contributed by atoms with Crippen molar-refractivity contribution in [3.8, 4) is 11.4 Å². The fraction of sp³-hybridized carbons (Fsp3) is 0.286. The highest BCUT2D eigenvalue weighted by molar-refractivity contribution is 5.66. The molecule has 0 unspecified atom stereocenters. The summed E-state index contributed by atoms with van der Waals surface area (Å²) in [5.41, 5.74) is 1.96. The molecule has 1 aromatic carbocycles. The van der Waals surface area contributed by atoms with Gasteiger partial charge in [-0.3, -0.25) is 0 Å². The molecule has 27 heavy (non-hydrogen) atoms. The maximum Gasteiger partial charge on any atom is 0.163 e. The van der Waals surface area contributed by atoms with Crippen molar-refractivity contribution in [2.45, 2.75) is 26.3 Å². The third-order valence-corrected chi connectivity index (χ3v) is 4.39. The van der Waals surface area contributed by atoms with Crippen molar-refractivity contribution in [2.24, 2.45) is 0 Å². The van der Waals surface area contributed by atoms with E-state index in [1.807, 2.05) is 48.7 Å². The van der Waals surface area contributed by atoms with Crippen LogP contribution in [-0.4, -0.2) is 34.1 Å². The van der Waals surface area contributed by atoms with Crippen LogP contribution in [0.3, 0.4) is 0 Å². The van der Waals surface area contributed by atoms with Crippen LogP contribution in [0.5, 0.6) is 0 Å². The molecule has 0 radical (unpaired) electrons. The summed E-state index contributed by atoms with van der Waals surface area (Å²) in [5.74, 6) is 3.26. The maximum absolute atomic E-state index is 4.72. The van der Waals surface area contributed by atoms with Gasteiger partial charge in [-0.2, -0.15) is 0 Å². The minimum Gasteiger partial charge on any atom is -0.368 e. The summed E-state index contributed by atoms with van der Waals surface area (Å²) < 4.78 is 0. The van der Waals surface area contributed by atoms with Gasteiger partial charge in [0.2, 0.25) is 0 Å². The SMILES string of the molecule is CC(C)Nc1cc(Nc2ccnc(N3CCC3)c2)nc(-c2ccccc2)n1. The third-order valence-electron chi connectivity index (χ3n) is 4.39. The summed E-state index contributed by atoms with van der Waals surface area (Å²) >= 11 is 0. The first kappa shape index (κ1) is 17.3. The first-order chi connectivity index (χ1) is 13.2. The zero-order valence-electron chi connectivity index (χ0n) is 15.7. The topological polar surface area (TPSA) is 66.0 Å². The summed E-state index contributed by atoms with van der Waals surface area (Å²) in [6.45, 7) is 6.34. The lowest BCUT2D eigenvalue weighted by Crippen LogP contribution is -2.37. The van der Waals surface area contributed by atoms with Gasteiger partial charge in [-0.25, -0.2) is 15.0 Å². The van der Waals surface area contributed by atoms with E-state index < -0.39 is 0 Å². The normalized spacial score (nSPS) is 13.4. The summed E-state index contributed by atoms with van der Waals surface area (Å²) in [7, 11) is 0.